The van der Waals surface area contributed by atoms with E-state index in [0.29, 0.717) is 12.5 Å². The van der Waals surface area contributed by atoms with Gasteiger partial charge in [-0.1, -0.05) is 13.0 Å². The summed E-state index contributed by atoms with van der Waals surface area (Å²) in [5, 5.41) is 3.17. The Labute approximate surface area is 185 Å². The lowest BCUT2D eigenvalue weighted by Gasteiger charge is -2.34. The van der Waals surface area contributed by atoms with Crippen LogP contribution in [0.1, 0.15) is 23.6 Å². The van der Waals surface area contributed by atoms with Gasteiger partial charge in [-0.15, -0.1) is 24.0 Å². The average Bonchev–Trinajstić information content (AvgIpc) is 2.69. The van der Waals surface area contributed by atoms with E-state index in [2.05, 4.69) is 64.1 Å². The molecule has 7 heteroatoms. The lowest BCUT2D eigenvalue weighted by atomic mass is 10.1. The minimum absolute atomic E-state index is 0. The van der Waals surface area contributed by atoms with Crippen molar-refractivity contribution < 1.29 is 0 Å². The summed E-state index contributed by atoms with van der Waals surface area (Å²) in [6, 6.07) is 10.3. The van der Waals surface area contributed by atoms with Gasteiger partial charge in [-0.2, -0.15) is 0 Å². The van der Waals surface area contributed by atoms with Gasteiger partial charge in [0.15, 0.2) is 5.96 Å². The second-order valence-corrected chi connectivity index (χ2v) is 7.07. The fourth-order valence-electron chi connectivity index (χ4n) is 3.21. The molecule has 1 aliphatic heterocycles. The molecular formula is C21H31IN6. The van der Waals surface area contributed by atoms with E-state index in [-0.39, 0.29) is 24.0 Å². The van der Waals surface area contributed by atoms with Crippen LogP contribution in [-0.4, -0.2) is 48.6 Å². The number of nitrogens with two attached hydrogens (primary N) is 1. The fourth-order valence-corrected chi connectivity index (χ4v) is 3.21. The Morgan fingerprint density at radius 2 is 1.86 bits per heavy atom. The van der Waals surface area contributed by atoms with Gasteiger partial charge in [-0.25, -0.2) is 9.98 Å². The number of aliphatic imine (C=N–C) groups is 1. The number of nitrogens with zero attached hydrogens (tertiary/aromatic N) is 4. The SMILES string of the molecule is CCN1CCN(c2cc(CN=C(N)Nc3ccc(C)c(C)c3)ccn2)CC1.I. The quantitative estimate of drug-likeness (QED) is 0.379. The molecule has 0 amide bonds. The molecule has 0 bridgehead atoms. The number of hydrogen-bond donors (Lipinski definition) is 2. The molecule has 3 rings (SSSR count). The summed E-state index contributed by atoms with van der Waals surface area (Å²) in [6.07, 6.45) is 1.86. The van der Waals surface area contributed by atoms with Crippen LogP contribution in [0.5, 0.6) is 0 Å². The van der Waals surface area contributed by atoms with Crippen LogP contribution in [0, 0.1) is 13.8 Å². The van der Waals surface area contributed by atoms with Gasteiger partial charge in [0.05, 0.1) is 6.54 Å². The molecule has 6 nitrogen and oxygen atoms in total. The Bertz CT molecular complexity index is 799. The average molecular weight is 494 g/mol. The van der Waals surface area contributed by atoms with Crippen molar-refractivity contribution in [2.75, 3.05) is 42.9 Å². The van der Waals surface area contributed by atoms with Crippen LogP contribution in [0.25, 0.3) is 0 Å². The summed E-state index contributed by atoms with van der Waals surface area (Å²) < 4.78 is 0. The zero-order valence-electron chi connectivity index (χ0n) is 17.0. The fraction of sp³-hybridized carbons (Fsp3) is 0.429. The number of rotatable bonds is 5. The van der Waals surface area contributed by atoms with Crippen LogP contribution in [0.15, 0.2) is 41.5 Å². The third-order valence-electron chi connectivity index (χ3n) is 5.16. The molecule has 1 saturated heterocycles. The highest BCUT2D eigenvalue weighted by Gasteiger charge is 2.16. The lowest BCUT2D eigenvalue weighted by Crippen LogP contribution is -2.46. The summed E-state index contributed by atoms with van der Waals surface area (Å²) in [7, 11) is 0. The van der Waals surface area contributed by atoms with Crippen molar-refractivity contribution in [3.8, 4) is 0 Å². The molecule has 1 aromatic carbocycles. The first-order valence-corrected chi connectivity index (χ1v) is 9.61. The second-order valence-electron chi connectivity index (χ2n) is 7.07. The number of anilines is 2. The molecule has 0 saturated carbocycles. The van der Waals surface area contributed by atoms with E-state index < -0.39 is 0 Å². The minimum Gasteiger partial charge on any atom is -0.370 e. The molecule has 2 heterocycles. The number of aryl methyl sites for hydroxylation is 2. The van der Waals surface area contributed by atoms with Crippen molar-refractivity contribution in [2.24, 2.45) is 10.7 Å². The van der Waals surface area contributed by atoms with E-state index in [9.17, 15) is 0 Å². The first-order valence-electron chi connectivity index (χ1n) is 9.61. The molecule has 0 spiro atoms. The van der Waals surface area contributed by atoms with E-state index in [4.69, 9.17) is 5.73 Å². The van der Waals surface area contributed by atoms with Crippen molar-refractivity contribution in [3.05, 3.63) is 53.2 Å². The third kappa shape index (κ3) is 6.07. The number of aromatic nitrogens is 1. The van der Waals surface area contributed by atoms with Gasteiger partial charge in [0.25, 0.3) is 0 Å². The highest BCUT2D eigenvalue weighted by atomic mass is 127. The van der Waals surface area contributed by atoms with Crippen molar-refractivity contribution in [2.45, 2.75) is 27.3 Å². The maximum Gasteiger partial charge on any atom is 0.193 e. The van der Waals surface area contributed by atoms with Crippen molar-refractivity contribution in [3.63, 3.8) is 0 Å². The second kappa shape index (κ2) is 10.6. The number of guanidine groups is 1. The number of hydrogen-bond acceptors (Lipinski definition) is 4. The Balaban J connectivity index is 0.00000280. The van der Waals surface area contributed by atoms with E-state index >= 15 is 0 Å². The summed E-state index contributed by atoms with van der Waals surface area (Å²) in [6.45, 7) is 12.3. The van der Waals surface area contributed by atoms with Gasteiger partial charge < -0.3 is 20.9 Å². The first kappa shape index (κ1) is 22.4. The Morgan fingerprint density at radius 1 is 1.11 bits per heavy atom. The lowest BCUT2D eigenvalue weighted by molar-refractivity contribution is 0.270. The summed E-state index contributed by atoms with van der Waals surface area (Å²) in [5.41, 5.74) is 10.6. The van der Waals surface area contributed by atoms with Crippen molar-refractivity contribution in [1.82, 2.24) is 9.88 Å². The molecule has 152 valence electrons. The molecule has 28 heavy (non-hydrogen) atoms. The van der Waals surface area contributed by atoms with Crippen molar-refractivity contribution in [1.29, 1.82) is 0 Å². The largest absolute Gasteiger partial charge is 0.370 e. The smallest absolute Gasteiger partial charge is 0.193 e. The first-order chi connectivity index (χ1) is 13.0. The van der Waals surface area contributed by atoms with Gasteiger partial charge in [-0.3, -0.25) is 0 Å². The predicted molar refractivity (Wildman–Crippen MR) is 129 cm³/mol. The standard InChI is InChI=1S/C21H30N6.HI/c1-4-26-9-11-27(12-10-26)20-14-18(7-8-23-20)15-24-21(22)25-19-6-5-16(2)17(3)13-19;/h5-8,13-14H,4,9-12,15H2,1-3H3,(H3,22,24,25);1H. The van der Waals surface area contributed by atoms with E-state index in [1.54, 1.807) is 0 Å². The molecule has 2 aromatic rings. The number of likely N-dealkylation sites (N-methyl/N-ethyl adjacent to an activating group) is 1. The van der Waals surface area contributed by atoms with Gasteiger partial charge >= 0.3 is 0 Å². The monoisotopic (exact) mass is 494 g/mol. The maximum absolute atomic E-state index is 6.06. The molecule has 3 N–H and O–H groups in total. The normalized spacial score (nSPS) is 15.2. The number of benzene rings is 1. The Morgan fingerprint density at radius 3 is 2.54 bits per heavy atom. The molecule has 0 aliphatic carbocycles. The summed E-state index contributed by atoms with van der Waals surface area (Å²) in [4.78, 5) is 13.8. The van der Waals surface area contributed by atoms with Gasteiger partial charge in [-0.05, 0) is 61.3 Å². The summed E-state index contributed by atoms with van der Waals surface area (Å²) >= 11 is 0. The molecule has 1 aliphatic rings. The molecule has 1 fully saturated rings. The maximum atomic E-state index is 6.06. The van der Waals surface area contributed by atoms with Crippen LogP contribution < -0.4 is 16.0 Å². The van der Waals surface area contributed by atoms with Crippen LogP contribution in [0.4, 0.5) is 11.5 Å². The topological polar surface area (TPSA) is 69.8 Å². The molecule has 1 aromatic heterocycles. The molecule has 0 unspecified atom stereocenters. The van der Waals surface area contributed by atoms with Crippen LogP contribution in [-0.2, 0) is 6.54 Å². The van der Waals surface area contributed by atoms with E-state index in [1.807, 2.05) is 18.3 Å². The predicted octanol–water partition coefficient (Wildman–Crippen LogP) is 3.39. The molecular weight excluding hydrogens is 463 g/mol. The van der Waals surface area contributed by atoms with Crippen LogP contribution in [0.2, 0.25) is 0 Å². The number of piperazine rings is 1. The minimum atomic E-state index is 0. The molecule has 0 atom stereocenters. The van der Waals surface area contributed by atoms with Gasteiger partial charge in [0.1, 0.15) is 5.82 Å². The highest BCUT2D eigenvalue weighted by Crippen LogP contribution is 2.16. The third-order valence-corrected chi connectivity index (χ3v) is 5.16. The Hall–Kier alpha value is -1.87. The number of halogens is 1. The van der Waals surface area contributed by atoms with Crippen LogP contribution >= 0.6 is 24.0 Å². The van der Waals surface area contributed by atoms with E-state index in [0.717, 1.165) is 49.8 Å². The van der Waals surface area contributed by atoms with Gasteiger partial charge in [0.2, 0.25) is 0 Å². The van der Waals surface area contributed by atoms with Gasteiger partial charge in [0, 0.05) is 38.1 Å². The van der Waals surface area contributed by atoms with Crippen molar-refractivity contribution >= 4 is 41.4 Å². The van der Waals surface area contributed by atoms with Crippen LogP contribution in [0.3, 0.4) is 0 Å². The summed E-state index contributed by atoms with van der Waals surface area (Å²) in [5.74, 6) is 1.45. The number of nitrogens with one attached hydrogen (secondary N) is 1. The zero-order chi connectivity index (χ0) is 19.2. The number of pyridine rings is 1. The highest BCUT2D eigenvalue weighted by molar-refractivity contribution is 14.0. The Kier molecular flexibility index (Phi) is 8.50. The van der Waals surface area contributed by atoms with E-state index in [1.165, 1.54) is 11.1 Å². The molecule has 0 radical (unpaired) electrons. The zero-order valence-corrected chi connectivity index (χ0v) is 19.3.